The van der Waals surface area contributed by atoms with E-state index in [0.717, 1.165) is 5.56 Å². The molecule has 0 radical (unpaired) electrons. The molecule has 0 aromatic heterocycles. The Morgan fingerprint density at radius 2 is 1.45 bits per heavy atom. The summed E-state index contributed by atoms with van der Waals surface area (Å²) in [6, 6.07) is 19.3. The number of hydrogen-bond acceptors (Lipinski definition) is 4. The summed E-state index contributed by atoms with van der Waals surface area (Å²) >= 11 is 6.55. The van der Waals surface area contributed by atoms with Gasteiger partial charge >= 0.3 is 11.9 Å². The Morgan fingerprint density at radius 1 is 0.828 bits per heavy atom. The van der Waals surface area contributed by atoms with Gasteiger partial charge in [0, 0.05) is 15.4 Å². The van der Waals surface area contributed by atoms with Crippen LogP contribution in [0, 0.1) is 0 Å². The molecule has 1 N–H and O–H groups in total. The van der Waals surface area contributed by atoms with Crippen LogP contribution < -0.4 is 9.47 Å². The van der Waals surface area contributed by atoms with E-state index in [-0.39, 0.29) is 16.9 Å². The fourth-order valence-electron chi connectivity index (χ4n) is 2.62. The van der Waals surface area contributed by atoms with Gasteiger partial charge in [-0.1, -0.05) is 62.2 Å². The molecule has 0 aliphatic rings. The monoisotopic (exact) mass is 518 g/mol. The van der Waals surface area contributed by atoms with Crippen molar-refractivity contribution in [3.63, 3.8) is 0 Å². The van der Waals surface area contributed by atoms with Gasteiger partial charge in [-0.25, -0.2) is 9.59 Å². The third kappa shape index (κ3) is 5.68. The molecule has 0 fully saturated rings. The standard InChI is InChI=1S/C22H16Br2O5/c23-15-7-9-20(17(12-15)21(25)26)29-22(27)18-13-16(24)6-8-19(18)28-11-10-14-4-2-1-3-5-14/h1-9,12-13H,10-11H2,(H,25,26). The number of esters is 1. The van der Waals surface area contributed by atoms with Crippen LogP contribution in [-0.4, -0.2) is 23.7 Å². The first-order chi connectivity index (χ1) is 13.9. The van der Waals surface area contributed by atoms with E-state index >= 15 is 0 Å². The van der Waals surface area contributed by atoms with Crippen molar-refractivity contribution >= 4 is 43.8 Å². The predicted octanol–water partition coefficient (Wildman–Crippen LogP) is 5.75. The molecule has 0 atom stereocenters. The van der Waals surface area contributed by atoms with Gasteiger partial charge in [-0.3, -0.25) is 0 Å². The van der Waals surface area contributed by atoms with Crippen LogP contribution in [0.5, 0.6) is 11.5 Å². The summed E-state index contributed by atoms with van der Waals surface area (Å²) in [4.78, 5) is 24.2. The Bertz CT molecular complexity index is 1030. The van der Waals surface area contributed by atoms with E-state index in [1.807, 2.05) is 30.3 Å². The van der Waals surface area contributed by atoms with Gasteiger partial charge in [-0.15, -0.1) is 0 Å². The largest absolute Gasteiger partial charge is 0.492 e. The van der Waals surface area contributed by atoms with Crippen LogP contribution in [0.3, 0.4) is 0 Å². The first-order valence-corrected chi connectivity index (χ1v) is 10.2. The van der Waals surface area contributed by atoms with Gasteiger partial charge < -0.3 is 14.6 Å². The molecule has 148 valence electrons. The molecule has 0 aliphatic carbocycles. The molecule has 0 saturated heterocycles. The van der Waals surface area contributed by atoms with Crippen LogP contribution in [0.1, 0.15) is 26.3 Å². The number of carboxylic acid groups (broad SMARTS) is 1. The van der Waals surface area contributed by atoms with Gasteiger partial charge in [-0.05, 0) is 42.0 Å². The Kier molecular flexibility index (Phi) is 7.06. The second-order valence-corrected chi connectivity index (χ2v) is 7.89. The number of benzene rings is 3. The SMILES string of the molecule is O=C(O)c1cc(Br)ccc1OC(=O)c1cc(Br)ccc1OCCc1ccccc1. The van der Waals surface area contributed by atoms with Crippen LogP contribution in [0.2, 0.25) is 0 Å². The molecule has 3 aromatic rings. The summed E-state index contributed by atoms with van der Waals surface area (Å²) in [5.74, 6) is -1.57. The highest BCUT2D eigenvalue weighted by Gasteiger charge is 2.20. The summed E-state index contributed by atoms with van der Waals surface area (Å²) in [5, 5.41) is 9.35. The Balaban J connectivity index is 1.78. The van der Waals surface area contributed by atoms with Gasteiger partial charge in [0.25, 0.3) is 0 Å². The summed E-state index contributed by atoms with van der Waals surface area (Å²) in [6.07, 6.45) is 0.682. The lowest BCUT2D eigenvalue weighted by Gasteiger charge is -2.13. The number of hydrogen-bond donors (Lipinski definition) is 1. The van der Waals surface area contributed by atoms with Crippen LogP contribution in [-0.2, 0) is 6.42 Å². The van der Waals surface area contributed by atoms with Crippen LogP contribution >= 0.6 is 31.9 Å². The normalized spacial score (nSPS) is 10.4. The molecular weight excluding hydrogens is 504 g/mol. The number of carbonyl (C=O) groups excluding carboxylic acids is 1. The maximum atomic E-state index is 12.8. The second-order valence-electron chi connectivity index (χ2n) is 6.06. The molecule has 0 saturated carbocycles. The second kappa shape index (κ2) is 9.71. The number of carbonyl (C=O) groups is 2. The van der Waals surface area contributed by atoms with Gasteiger partial charge in [-0.2, -0.15) is 0 Å². The fourth-order valence-corrected chi connectivity index (χ4v) is 3.35. The van der Waals surface area contributed by atoms with E-state index in [9.17, 15) is 14.7 Å². The Hall–Kier alpha value is -2.64. The lowest BCUT2D eigenvalue weighted by molar-refractivity contribution is 0.0680. The lowest BCUT2D eigenvalue weighted by atomic mass is 10.1. The number of ether oxygens (including phenoxy) is 2. The van der Waals surface area contributed by atoms with E-state index in [1.165, 1.54) is 12.1 Å². The molecule has 0 spiro atoms. The molecule has 0 bridgehead atoms. The van der Waals surface area contributed by atoms with E-state index < -0.39 is 11.9 Å². The first-order valence-electron chi connectivity index (χ1n) is 8.65. The van der Waals surface area contributed by atoms with Crippen LogP contribution in [0.15, 0.2) is 75.7 Å². The zero-order chi connectivity index (χ0) is 20.8. The topological polar surface area (TPSA) is 72.8 Å². The summed E-state index contributed by atoms with van der Waals surface area (Å²) < 4.78 is 12.4. The molecule has 3 rings (SSSR count). The number of halogens is 2. The van der Waals surface area contributed by atoms with E-state index in [4.69, 9.17) is 9.47 Å². The molecule has 0 heterocycles. The predicted molar refractivity (Wildman–Crippen MR) is 116 cm³/mol. The Morgan fingerprint density at radius 3 is 2.10 bits per heavy atom. The average Bonchev–Trinajstić information content (AvgIpc) is 2.71. The van der Waals surface area contributed by atoms with Gasteiger partial charge in [0.1, 0.15) is 22.6 Å². The highest BCUT2D eigenvalue weighted by molar-refractivity contribution is 9.10. The minimum absolute atomic E-state index is 0.0408. The highest BCUT2D eigenvalue weighted by atomic mass is 79.9. The molecule has 3 aromatic carbocycles. The van der Waals surface area contributed by atoms with Crippen molar-refractivity contribution < 1.29 is 24.2 Å². The first kappa shape index (κ1) is 21.1. The maximum absolute atomic E-state index is 12.8. The third-order valence-electron chi connectivity index (χ3n) is 4.03. The summed E-state index contributed by atoms with van der Waals surface area (Å²) in [7, 11) is 0. The van der Waals surface area contributed by atoms with E-state index in [0.29, 0.717) is 27.7 Å². The third-order valence-corrected chi connectivity index (χ3v) is 5.01. The molecule has 5 nitrogen and oxygen atoms in total. The highest BCUT2D eigenvalue weighted by Crippen LogP contribution is 2.28. The van der Waals surface area contributed by atoms with Crippen molar-refractivity contribution in [3.05, 3.63) is 92.4 Å². The molecule has 7 heteroatoms. The van der Waals surface area contributed by atoms with Crippen LogP contribution in [0.25, 0.3) is 0 Å². The number of aromatic carboxylic acids is 1. The number of carboxylic acids is 1. The van der Waals surface area contributed by atoms with Crippen molar-refractivity contribution in [2.75, 3.05) is 6.61 Å². The van der Waals surface area contributed by atoms with Crippen molar-refractivity contribution in [2.24, 2.45) is 0 Å². The lowest BCUT2D eigenvalue weighted by Crippen LogP contribution is -2.14. The van der Waals surface area contributed by atoms with E-state index in [1.54, 1.807) is 24.3 Å². The molecule has 29 heavy (non-hydrogen) atoms. The molecule has 0 amide bonds. The minimum atomic E-state index is -1.19. The zero-order valence-corrected chi connectivity index (χ0v) is 18.3. The van der Waals surface area contributed by atoms with Gasteiger partial charge in [0.2, 0.25) is 0 Å². The summed E-state index contributed by atoms with van der Waals surface area (Å²) in [5.41, 5.74) is 1.20. The van der Waals surface area contributed by atoms with Crippen molar-refractivity contribution in [1.29, 1.82) is 0 Å². The van der Waals surface area contributed by atoms with Crippen molar-refractivity contribution in [2.45, 2.75) is 6.42 Å². The molecule has 0 aliphatic heterocycles. The van der Waals surface area contributed by atoms with Crippen molar-refractivity contribution in [3.8, 4) is 11.5 Å². The summed E-state index contributed by atoms with van der Waals surface area (Å²) in [6.45, 7) is 0.380. The van der Waals surface area contributed by atoms with E-state index in [2.05, 4.69) is 31.9 Å². The quantitative estimate of drug-likeness (QED) is 0.318. The minimum Gasteiger partial charge on any atom is -0.492 e. The van der Waals surface area contributed by atoms with Crippen molar-refractivity contribution in [1.82, 2.24) is 0 Å². The fraction of sp³-hybridized carbons (Fsp3) is 0.0909. The number of rotatable bonds is 7. The zero-order valence-electron chi connectivity index (χ0n) is 15.1. The smallest absolute Gasteiger partial charge is 0.347 e. The van der Waals surface area contributed by atoms with Crippen LogP contribution in [0.4, 0.5) is 0 Å². The Labute approximate surface area is 184 Å². The molecule has 0 unspecified atom stereocenters. The average molecular weight is 520 g/mol. The maximum Gasteiger partial charge on any atom is 0.347 e. The van der Waals surface area contributed by atoms with Gasteiger partial charge in [0.15, 0.2) is 0 Å². The van der Waals surface area contributed by atoms with Gasteiger partial charge in [0.05, 0.1) is 6.61 Å². The molecular formula is C22H16Br2O5.